The van der Waals surface area contributed by atoms with Crippen LogP contribution in [0.3, 0.4) is 0 Å². The maximum atomic E-state index is 13.2. The highest BCUT2D eigenvalue weighted by atomic mass is 32.2. The highest BCUT2D eigenvalue weighted by Crippen LogP contribution is 2.40. The molecule has 7 heteroatoms. The van der Waals surface area contributed by atoms with Crippen molar-refractivity contribution in [3.8, 4) is 0 Å². The van der Waals surface area contributed by atoms with Gasteiger partial charge in [0.05, 0.1) is 21.7 Å². The molecular formula is C24H16F3NO2S. The van der Waals surface area contributed by atoms with Gasteiger partial charge in [0.15, 0.2) is 0 Å². The Morgan fingerprint density at radius 3 is 1.90 bits per heavy atom. The molecular weight excluding hydrogens is 423 g/mol. The number of hydrogen-bond donors (Lipinski definition) is 0. The Hall–Kier alpha value is -3.32. The van der Waals surface area contributed by atoms with Crippen LogP contribution in [0.2, 0.25) is 0 Å². The van der Waals surface area contributed by atoms with E-state index in [-0.39, 0.29) is 16.2 Å². The maximum absolute atomic E-state index is 13.2. The first-order chi connectivity index (χ1) is 14.9. The predicted octanol–water partition coefficient (Wildman–Crippen LogP) is 5.92. The van der Waals surface area contributed by atoms with Gasteiger partial charge in [-0.25, -0.2) is 4.90 Å². The van der Waals surface area contributed by atoms with Gasteiger partial charge in [-0.2, -0.15) is 13.2 Å². The second kappa shape index (κ2) is 8.43. The normalized spacial score (nSPS) is 14.5. The summed E-state index contributed by atoms with van der Waals surface area (Å²) in [6.45, 7) is 0. The van der Waals surface area contributed by atoms with E-state index in [1.807, 2.05) is 30.3 Å². The average molecular weight is 439 g/mol. The number of carbonyl (C=O) groups is 2. The zero-order chi connectivity index (χ0) is 22.0. The minimum atomic E-state index is -4.50. The monoisotopic (exact) mass is 439 g/mol. The molecule has 156 valence electrons. The van der Waals surface area contributed by atoms with Gasteiger partial charge in [0.2, 0.25) is 0 Å². The SMILES string of the molecule is O=C1C(SCc2ccccc2)=C(c2ccccc2)C(=O)N1c1ccc(C(F)(F)F)cc1. The number of benzene rings is 3. The number of hydrogen-bond acceptors (Lipinski definition) is 3. The van der Waals surface area contributed by atoms with Crippen LogP contribution in [-0.2, 0) is 21.5 Å². The molecule has 0 aromatic heterocycles. The van der Waals surface area contributed by atoms with Crippen molar-refractivity contribution in [1.82, 2.24) is 0 Å². The molecule has 0 radical (unpaired) electrons. The Bertz CT molecular complexity index is 1140. The molecule has 0 atom stereocenters. The number of nitrogens with zero attached hydrogens (tertiary/aromatic N) is 1. The van der Waals surface area contributed by atoms with Crippen LogP contribution in [0, 0.1) is 0 Å². The molecule has 1 aliphatic heterocycles. The van der Waals surface area contributed by atoms with E-state index >= 15 is 0 Å². The summed E-state index contributed by atoms with van der Waals surface area (Å²) in [5.74, 6) is -0.608. The van der Waals surface area contributed by atoms with Crippen molar-refractivity contribution in [2.24, 2.45) is 0 Å². The third kappa shape index (κ3) is 4.27. The van der Waals surface area contributed by atoms with Crippen LogP contribution < -0.4 is 4.90 Å². The molecule has 0 N–H and O–H groups in total. The minimum absolute atomic E-state index is 0.103. The summed E-state index contributed by atoms with van der Waals surface area (Å²) >= 11 is 1.25. The van der Waals surface area contributed by atoms with Gasteiger partial charge in [0.1, 0.15) is 0 Å². The first kappa shape index (κ1) is 20.9. The fourth-order valence-electron chi connectivity index (χ4n) is 3.27. The lowest BCUT2D eigenvalue weighted by molar-refractivity contribution is -0.137. The zero-order valence-electron chi connectivity index (χ0n) is 16.1. The molecule has 0 aliphatic carbocycles. The standard InChI is InChI=1S/C24H16F3NO2S/c25-24(26,27)18-11-13-19(14-12-18)28-22(29)20(17-9-5-2-6-10-17)21(23(28)30)31-15-16-7-3-1-4-8-16/h1-14H,15H2. The number of amides is 2. The molecule has 3 aromatic rings. The van der Waals surface area contributed by atoms with Crippen LogP contribution in [0.5, 0.6) is 0 Å². The second-order valence-corrected chi connectivity index (χ2v) is 7.82. The molecule has 0 saturated carbocycles. The minimum Gasteiger partial charge on any atom is -0.268 e. The quantitative estimate of drug-likeness (QED) is 0.463. The molecule has 2 amide bonds. The Kier molecular flexibility index (Phi) is 5.69. The van der Waals surface area contributed by atoms with Gasteiger partial charge in [-0.15, -0.1) is 11.8 Å². The lowest BCUT2D eigenvalue weighted by Gasteiger charge is -2.16. The maximum Gasteiger partial charge on any atom is 0.416 e. The molecule has 3 aromatic carbocycles. The van der Waals surface area contributed by atoms with Crippen LogP contribution in [0.4, 0.5) is 18.9 Å². The Morgan fingerprint density at radius 1 is 0.742 bits per heavy atom. The molecule has 0 bridgehead atoms. The third-order valence-electron chi connectivity index (χ3n) is 4.78. The molecule has 4 rings (SSSR count). The van der Waals surface area contributed by atoms with Crippen LogP contribution in [0.15, 0.2) is 89.8 Å². The van der Waals surface area contributed by atoms with Gasteiger partial charge >= 0.3 is 6.18 Å². The zero-order valence-corrected chi connectivity index (χ0v) is 16.9. The smallest absolute Gasteiger partial charge is 0.268 e. The van der Waals surface area contributed by atoms with E-state index in [2.05, 4.69) is 0 Å². The lowest BCUT2D eigenvalue weighted by Crippen LogP contribution is -2.31. The topological polar surface area (TPSA) is 37.4 Å². The van der Waals surface area contributed by atoms with Crippen molar-refractivity contribution in [2.45, 2.75) is 11.9 Å². The molecule has 0 spiro atoms. The molecule has 3 nitrogen and oxygen atoms in total. The first-order valence-corrected chi connectivity index (χ1v) is 10.4. The van der Waals surface area contributed by atoms with E-state index in [1.165, 1.54) is 11.8 Å². The van der Waals surface area contributed by atoms with Gasteiger partial charge in [0, 0.05) is 5.75 Å². The number of rotatable bonds is 5. The number of alkyl halides is 3. The van der Waals surface area contributed by atoms with Crippen LogP contribution >= 0.6 is 11.8 Å². The van der Waals surface area contributed by atoms with E-state index in [9.17, 15) is 22.8 Å². The van der Waals surface area contributed by atoms with E-state index in [0.717, 1.165) is 34.7 Å². The predicted molar refractivity (Wildman–Crippen MR) is 115 cm³/mol. The van der Waals surface area contributed by atoms with Gasteiger partial charge in [-0.05, 0) is 35.4 Å². The molecule has 0 fully saturated rings. The first-order valence-electron chi connectivity index (χ1n) is 9.39. The Balaban J connectivity index is 1.70. The number of thioether (sulfide) groups is 1. The Labute approximate surface area is 181 Å². The molecule has 1 heterocycles. The van der Waals surface area contributed by atoms with E-state index < -0.39 is 23.6 Å². The van der Waals surface area contributed by atoms with Gasteiger partial charge in [0.25, 0.3) is 11.8 Å². The summed E-state index contributed by atoms with van der Waals surface area (Å²) in [6, 6.07) is 22.3. The number of imide groups is 1. The summed E-state index contributed by atoms with van der Waals surface area (Å²) in [6.07, 6.45) is -4.50. The van der Waals surface area contributed by atoms with Crippen LogP contribution in [-0.4, -0.2) is 11.8 Å². The molecule has 1 aliphatic rings. The highest BCUT2D eigenvalue weighted by molar-refractivity contribution is 8.03. The second-order valence-electron chi connectivity index (χ2n) is 6.83. The highest BCUT2D eigenvalue weighted by Gasteiger charge is 2.40. The fraction of sp³-hybridized carbons (Fsp3) is 0.0833. The summed E-state index contributed by atoms with van der Waals surface area (Å²) in [5.41, 5.74) is 1.09. The van der Waals surface area contributed by atoms with Crippen LogP contribution in [0.25, 0.3) is 5.57 Å². The summed E-state index contributed by atoms with van der Waals surface area (Å²) in [5, 5.41) is 0. The van der Waals surface area contributed by atoms with Gasteiger partial charge in [-0.3, -0.25) is 9.59 Å². The average Bonchev–Trinajstić information content (AvgIpc) is 3.02. The van der Waals surface area contributed by atoms with Crippen molar-refractivity contribution in [3.63, 3.8) is 0 Å². The van der Waals surface area contributed by atoms with Crippen molar-refractivity contribution in [2.75, 3.05) is 4.90 Å². The fourth-order valence-corrected chi connectivity index (χ4v) is 4.33. The third-order valence-corrected chi connectivity index (χ3v) is 5.93. The van der Waals surface area contributed by atoms with Gasteiger partial charge < -0.3 is 0 Å². The molecule has 0 saturated heterocycles. The number of carbonyl (C=O) groups excluding carboxylic acids is 2. The van der Waals surface area contributed by atoms with E-state index in [1.54, 1.807) is 30.3 Å². The van der Waals surface area contributed by atoms with Crippen molar-refractivity contribution < 1.29 is 22.8 Å². The van der Waals surface area contributed by atoms with Crippen LogP contribution in [0.1, 0.15) is 16.7 Å². The summed E-state index contributed by atoms with van der Waals surface area (Å²) in [4.78, 5) is 27.7. The summed E-state index contributed by atoms with van der Waals surface area (Å²) in [7, 11) is 0. The van der Waals surface area contributed by atoms with E-state index in [4.69, 9.17) is 0 Å². The van der Waals surface area contributed by atoms with Crippen molar-refractivity contribution >= 4 is 34.8 Å². The van der Waals surface area contributed by atoms with Crippen molar-refractivity contribution in [3.05, 3.63) is 107 Å². The molecule has 0 unspecified atom stereocenters. The lowest BCUT2D eigenvalue weighted by atomic mass is 10.1. The largest absolute Gasteiger partial charge is 0.416 e. The number of halogens is 3. The number of anilines is 1. The summed E-state index contributed by atoms with van der Waals surface area (Å²) < 4.78 is 38.7. The van der Waals surface area contributed by atoms with Crippen molar-refractivity contribution in [1.29, 1.82) is 0 Å². The Morgan fingerprint density at radius 2 is 1.32 bits per heavy atom. The molecule has 31 heavy (non-hydrogen) atoms. The van der Waals surface area contributed by atoms with Gasteiger partial charge in [-0.1, -0.05) is 60.7 Å². The van der Waals surface area contributed by atoms with E-state index in [0.29, 0.717) is 11.3 Å².